The van der Waals surface area contributed by atoms with Crippen LogP contribution in [-0.4, -0.2) is 0 Å². The minimum Gasteiger partial charge on any atom is -0.459 e. The van der Waals surface area contributed by atoms with E-state index >= 15 is 0 Å². The van der Waals surface area contributed by atoms with Crippen molar-refractivity contribution < 1.29 is 4.42 Å². The van der Waals surface area contributed by atoms with Crippen molar-refractivity contribution in [1.82, 2.24) is 0 Å². The molecule has 0 unspecified atom stereocenters. The van der Waals surface area contributed by atoms with Gasteiger partial charge in [0.05, 0.1) is 6.54 Å². The molecule has 0 aliphatic carbocycles. The van der Waals surface area contributed by atoms with Crippen LogP contribution in [0.1, 0.15) is 11.3 Å². The first-order valence-electron chi connectivity index (χ1n) is 6.10. The molecule has 0 saturated heterocycles. The Morgan fingerprint density at radius 3 is 2.61 bits per heavy atom. The van der Waals surface area contributed by atoms with Crippen molar-refractivity contribution in [2.24, 2.45) is 0 Å². The fraction of sp³-hybridized carbons (Fsp3) is 0.125. The SMILES string of the molecule is Cc1ccccc1NCc1cc2ccccc2o1. The van der Waals surface area contributed by atoms with Gasteiger partial charge in [-0.25, -0.2) is 0 Å². The van der Waals surface area contributed by atoms with E-state index in [2.05, 4.69) is 36.5 Å². The Morgan fingerprint density at radius 2 is 1.78 bits per heavy atom. The van der Waals surface area contributed by atoms with Crippen molar-refractivity contribution in [2.75, 3.05) is 5.32 Å². The van der Waals surface area contributed by atoms with Crippen LogP contribution in [0.4, 0.5) is 5.69 Å². The fourth-order valence-corrected chi connectivity index (χ4v) is 2.08. The number of nitrogens with one attached hydrogen (secondary N) is 1. The molecule has 1 N–H and O–H groups in total. The summed E-state index contributed by atoms with van der Waals surface area (Å²) in [5, 5.41) is 4.55. The summed E-state index contributed by atoms with van der Waals surface area (Å²) < 4.78 is 5.77. The van der Waals surface area contributed by atoms with Gasteiger partial charge >= 0.3 is 0 Å². The number of rotatable bonds is 3. The third-order valence-corrected chi connectivity index (χ3v) is 3.07. The first-order chi connectivity index (χ1) is 8.83. The second kappa shape index (κ2) is 4.57. The van der Waals surface area contributed by atoms with E-state index in [9.17, 15) is 0 Å². The van der Waals surface area contributed by atoms with Crippen molar-refractivity contribution >= 4 is 16.7 Å². The van der Waals surface area contributed by atoms with Crippen molar-refractivity contribution in [2.45, 2.75) is 13.5 Å². The van der Waals surface area contributed by atoms with E-state index in [4.69, 9.17) is 4.42 Å². The molecule has 1 aromatic heterocycles. The molecule has 0 bridgehead atoms. The summed E-state index contributed by atoms with van der Waals surface area (Å²) in [6.07, 6.45) is 0. The number of aryl methyl sites for hydroxylation is 1. The minimum absolute atomic E-state index is 0.708. The highest BCUT2D eigenvalue weighted by atomic mass is 16.3. The van der Waals surface area contributed by atoms with Crippen molar-refractivity contribution in [3.05, 3.63) is 65.9 Å². The second-order valence-corrected chi connectivity index (χ2v) is 4.42. The number of furan rings is 1. The molecule has 0 atom stereocenters. The largest absolute Gasteiger partial charge is 0.459 e. The van der Waals surface area contributed by atoms with Gasteiger partial charge in [0.15, 0.2) is 0 Å². The Kier molecular flexibility index (Phi) is 2.77. The zero-order valence-electron chi connectivity index (χ0n) is 10.3. The van der Waals surface area contributed by atoms with Crippen LogP contribution in [0, 0.1) is 6.92 Å². The molecule has 0 amide bonds. The van der Waals surface area contributed by atoms with Gasteiger partial charge in [0.25, 0.3) is 0 Å². The first-order valence-corrected chi connectivity index (χ1v) is 6.10. The lowest BCUT2D eigenvalue weighted by molar-refractivity contribution is 0.559. The molecule has 2 heteroatoms. The van der Waals surface area contributed by atoms with E-state index < -0.39 is 0 Å². The molecule has 0 spiro atoms. The predicted octanol–water partition coefficient (Wildman–Crippen LogP) is 4.35. The Balaban J connectivity index is 1.79. The van der Waals surface area contributed by atoms with Gasteiger partial charge in [-0.2, -0.15) is 0 Å². The summed E-state index contributed by atoms with van der Waals surface area (Å²) in [5.41, 5.74) is 3.34. The number of fused-ring (bicyclic) bond motifs is 1. The van der Waals surface area contributed by atoms with Crippen LogP contribution in [0.5, 0.6) is 0 Å². The number of anilines is 1. The summed E-state index contributed by atoms with van der Waals surface area (Å²) in [5.74, 6) is 0.958. The van der Waals surface area contributed by atoms with Gasteiger partial charge in [0.2, 0.25) is 0 Å². The van der Waals surface area contributed by atoms with Gasteiger partial charge in [0.1, 0.15) is 11.3 Å². The highest BCUT2D eigenvalue weighted by Gasteiger charge is 2.03. The van der Waals surface area contributed by atoms with Crippen LogP contribution in [-0.2, 0) is 6.54 Å². The van der Waals surface area contributed by atoms with Crippen molar-refractivity contribution in [3.63, 3.8) is 0 Å². The molecule has 0 aliphatic rings. The quantitative estimate of drug-likeness (QED) is 0.732. The summed E-state index contributed by atoms with van der Waals surface area (Å²) >= 11 is 0. The van der Waals surface area contributed by atoms with Crippen LogP contribution in [0.25, 0.3) is 11.0 Å². The zero-order chi connectivity index (χ0) is 12.4. The molecule has 0 radical (unpaired) electrons. The maximum Gasteiger partial charge on any atom is 0.134 e. The van der Waals surface area contributed by atoms with E-state index in [-0.39, 0.29) is 0 Å². The molecule has 0 fully saturated rings. The molecule has 0 saturated carbocycles. The topological polar surface area (TPSA) is 25.2 Å². The monoisotopic (exact) mass is 237 g/mol. The Bertz CT molecular complexity index is 636. The molecule has 90 valence electrons. The van der Waals surface area contributed by atoms with Gasteiger partial charge in [-0.3, -0.25) is 0 Å². The molecule has 1 heterocycles. The van der Waals surface area contributed by atoms with Crippen molar-refractivity contribution in [3.8, 4) is 0 Å². The van der Waals surface area contributed by atoms with E-state index in [1.165, 1.54) is 5.56 Å². The predicted molar refractivity (Wildman–Crippen MR) is 74.7 cm³/mol. The van der Waals surface area contributed by atoms with Crippen molar-refractivity contribution in [1.29, 1.82) is 0 Å². The standard InChI is InChI=1S/C16H15NO/c1-12-6-2-4-8-15(12)17-11-14-10-13-7-3-5-9-16(13)18-14/h2-10,17H,11H2,1H3. The van der Waals surface area contributed by atoms with Crippen LogP contribution in [0.3, 0.4) is 0 Å². The van der Waals surface area contributed by atoms with Crippen LogP contribution in [0.15, 0.2) is 59.0 Å². The van der Waals surface area contributed by atoms with E-state index in [1.807, 2.05) is 30.3 Å². The van der Waals surface area contributed by atoms with E-state index in [0.717, 1.165) is 22.4 Å². The zero-order valence-corrected chi connectivity index (χ0v) is 10.3. The third-order valence-electron chi connectivity index (χ3n) is 3.07. The molecule has 2 nitrogen and oxygen atoms in total. The van der Waals surface area contributed by atoms with Gasteiger partial charge in [0, 0.05) is 11.1 Å². The average molecular weight is 237 g/mol. The second-order valence-electron chi connectivity index (χ2n) is 4.42. The Morgan fingerprint density at radius 1 is 1.00 bits per heavy atom. The molecule has 3 aromatic rings. The summed E-state index contributed by atoms with van der Waals surface area (Å²) in [4.78, 5) is 0. The number of hydrogen-bond acceptors (Lipinski definition) is 2. The number of para-hydroxylation sites is 2. The fourth-order valence-electron chi connectivity index (χ4n) is 2.08. The third kappa shape index (κ3) is 2.09. The molecule has 2 aromatic carbocycles. The lowest BCUT2D eigenvalue weighted by Gasteiger charge is -2.06. The lowest BCUT2D eigenvalue weighted by Crippen LogP contribution is -1.99. The highest BCUT2D eigenvalue weighted by molar-refractivity contribution is 5.77. The van der Waals surface area contributed by atoms with Gasteiger partial charge in [-0.1, -0.05) is 36.4 Å². The first kappa shape index (κ1) is 10.9. The minimum atomic E-state index is 0.708. The van der Waals surface area contributed by atoms with Crippen LogP contribution >= 0.6 is 0 Å². The molecular formula is C16H15NO. The summed E-state index contributed by atoms with van der Waals surface area (Å²) in [7, 11) is 0. The summed E-state index contributed by atoms with van der Waals surface area (Å²) in [6, 6.07) is 18.4. The van der Waals surface area contributed by atoms with Gasteiger partial charge in [-0.05, 0) is 30.7 Å². The lowest BCUT2D eigenvalue weighted by atomic mass is 10.2. The molecule has 3 rings (SSSR count). The highest BCUT2D eigenvalue weighted by Crippen LogP contribution is 2.20. The van der Waals surface area contributed by atoms with Gasteiger partial charge < -0.3 is 9.73 Å². The Labute approximate surface area is 106 Å². The van der Waals surface area contributed by atoms with Crippen LogP contribution < -0.4 is 5.32 Å². The maximum atomic E-state index is 5.77. The molecule has 18 heavy (non-hydrogen) atoms. The number of benzene rings is 2. The smallest absolute Gasteiger partial charge is 0.134 e. The van der Waals surface area contributed by atoms with E-state index in [1.54, 1.807) is 0 Å². The van der Waals surface area contributed by atoms with Gasteiger partial charge in [-0.15, -0.1) is 0 Å². The normalized spacial score (nSPS) is 10.7. The maximum absolute atomic E-state index is 5.77. The molecule has 0 aliphatic heterocycles. The number of hydrogen-bond donors (Lipinski definition) is 1. The molecular weight excluding hydrogens is 222 g/mol. The van der Waals surface area contributed by atoms with E-state index in [0.29, 0.717) is 6.54 Å². The summed E-state index contributed by atoms with van der Waals surface area (Å²) in [6.45, 7) is 2.81. The Hall–Kier alpha value is -2.22. The average Bonchev–Trinajstić information content (AvgIpc) is 2.80. The van der Waals surface area contributed by atoms with Crippen LogP contribution in [0.2, 0.25) is 0 Å².